The van der Waals surface area contributed by atoms with Crippen LogP contribution < -0.4 is 10.2 Å². The molecule has 230 valence electrons. The molecule has 45 heavy (non-hydrogen) atoms. The lowest BCUT2D eigenvalue weighted by molar-refractivity contribution is -0.181. The van der Waals surface area contributed by atoms with E-state index < -0.39 is 42.5 Å². The summed E-state index contributed by atoms with van der Waals surface area (Å²) in [5.41, 5.74) is 3.51. The van der Waals surface area contributed by atoms with Crippen molar-refractivity contribution in [3.8, 4) is 11.1 Å². The molecule has 1 aliphatic heterocycles. The molecule has 0 radical (unpaired) electrons. The van der Waals surface area contributed by atoms with Gasteiger partial charge < -0.3 is 14.8 Å². The number of hydrogen-bond acceptors (Lipinski definition) is 6. The van der Waals surface area contributed by atoms with Gasteiger partial charge in [-0.3, -0.25) is 24.1 Å². The van der Waals surface area contributed by atoms with Gasteiger partial charge in [0.25, 0.3) is 17.7 Å². The summed E-state index contributed by atoms with van der Waals surface area (Å²) in [5, 5.41) is 2.84. The zero-order chi connectivity index (χ0) is 32.3. The van der Waals surface area contributed by atoms with Crippen LogP contribution in [0, 0.1) is 6.92 Å². The number of hydrogen-bond donors (Lipinski definition) is 1. The number of carbonyl (C=O) groups is 4. The third-order valence-corrected chi connectivity index (χ3v) is 7.29. The monoisotopic (exact) mass is 612 g/mol. The number of nitrogens with zero attached hydrogens (tertiary/aromatic N) is 1. The molecule has 2 unspecified atom stereocenters. The quantitative estimate of drug-likeness (QED) is 0.233. The molecule has 0 saturated carbocycles. The normalized spacial score (nSPS) is 17.0. The van der Waals surface area contributed by atoms with E-state index in [-0.39, 0.29) is 22.7 Å². The number of nitrogens with one attached hydrogen (secondary N) is 1. The number of rotatable bonds is 6. The SMILES string of the molecule is CC(=O)OC1CC(F)(F)C(OC(C)=O)c2ccccc2N1C(=O)c1ccc(NC(=O)c2ccccc2-c2cccc(C)c2)cc1. The number of ether oxygens (including phenoxy) is 2. The first kappa shape index (κ1) is 31.1. The maximum Gasteiger partial charge on any atom is 0.304 e. The zero-order valence-electron chi connectivity index (χ0n) is 24.8. The number of para-hydroxylation sites is 1. The molecule has 5 rings (SSSR count). The van der Waals surface area contributed by atoms with E-state index in [9.17, 15) is 19.2 Å². The fourth-order valence-corrected chi connectivity index (χ4v) is 5.36. The predicted molar refractivity (Wildman–Crippen MR) is 164 cm³/mol. The van der Waals surface area contributed by atoms with Gasteiger partial charge in [0, 0.05) is 36.2 Å². The fourth-order valence-electron chi connectivity index (χ4n) is 5.36. The van der Waals surface area contributed by atoms with Gasteiger partial charge in [-0.15, -0.1) is 0 Å². The molecular weight excluding hydrogens is 582 g/mol. The van der Waals surface area contributed by atoms with E-state index in [1.807, 2.05) is 43.3 Å². The fraction of sp³-hybridized carbons (Fsp3) is 0.200. The van der Waals surface area contributed by atoms with Crippen LogP contribution in [0.3, 0.4) is 0 Å². The van der Waals surface area contributed by atoms with Crippen LogP contribution in [0.2, 0.25) is 0 Å². The summed E-state index contributed by atoms with van der Waals surface area (Å²) in [7, 11) is 0. The van der Waals surface area contributed by atoms with Gasteiger partial charge in [0.1, 0.15) is 0 Å². The number of halogens is 2. The van der Waals surface area contributed by atoms with Crippen molar-refractivity contribution < 1.29 is 37.4 Å². The molecule has 0 spiro atoms. The first-order chi connectivity index (χ1) is 21.4. The van der Waals surface area contributed by atoms with Crippen LogP contribution in [0.25, 0.3) is 11.1 Å². The van der Waals surface area contributed by atoms with Crippen molar-refractivity contribution in [2.24, 2.45) is 0 Å². The largest absolute Gasteiger partial charge is 0.451 e. The number of esters is 2. The molecule has 8 nitrogen and oxygen atoms in total. The summed E-state index contributed by atoms with van der Waals surface area (Å²) < 4.78 is 41.3. The van der Waals surface area contributed by atoms with E-state index in [1.165, 1.54) is 48.5 Å². The predicted octanol–water partition coefficient (Wildman–Crippen LogP) is 7.09. The minimum atomic E-state index is -3.68. The van der Waals surface area contributed by atoms with E-state index in [0.29, 0.717) is 11.3 Å². The van der Waals surface area contributed by atoms with E-state index in [4.69, 9.17) is 9.47 Å². The highest BCUT2D eigenvalue weighted by Crippen LogP contribution is 2.47. The van der Waals surface area contributed by atoms with Gasteiger partial charge in [0.2, 0.25) is 0 Å². The van der Waals surface area contributed by atoms with Crippen molar-refractivity contribution >= 4 is 35.1 Å². The summed E-state index contributed by atoms with van der Waals surface area (Å²) in [6, 6.07) is 26.7. The Kier molecular flexibility index (Phi) is 8.76. The maximum atomic E-state index is 15.5. The highest BCUT2D eigenvalue weighted by atomic mass is 19.3. The van der Waals surface area contributed by atoms with Crippen LogP contribution in [-0.4, -0.2) is 35.9 Å². The van der Waals surface area contributed by atoms with E-state index in [1.54, 1.807) is 12.1 Å². The second-order valence-corrected chi connectivity index (χ2v) is 10.7. The van der Waals surface area contributed by atoms with Crippen LogP contribution in [0.1, 0.15) is 58.2 Å². The Bertz CT molecular complexity index is 1770. The van der Waals surface area contributed by atoms with Crippen molar-refractivity contribution in [1.29, 1.82) is 0 Å². The van der Waals surface area contributed by atoms with Gasteiger partial charge in [-0.05, 0) is 54.4 Å². The Morgan fingerprint density at radius 2 is 1.49 bits per heavy atom. The standard InChI is InChI=1S/C35H30F2N2O6/c1-21-9-8-10-25(19-21)27-11-4-5-12-28(27)33(42)38-26-17-15-24(16-18-26)34(43)39-30-14-7-6-13-29(30)32(45-23(3)41)35(36,37)20-31(39)44-22(2)40/h4-19,31-32H,20H2,1-3H3,(H,38,42). The van der Waals surface area contributed by atoms with E-state index >= 15 is 8.78 Å². The van der Waals surface area contributed by atoms with Crippen molar-refractivity contribution in [1.82, 2.24) is 0 Å². The van der Waals surface area contributed by atoms with E-state index in [2.05, 4.69) is 5.32 Å². The Morgan fingerprint density at radius 1 is 0.822 bits per heavy atom. The lowest BCUT2D eigenvalue weighted by Gasteiger charge is -2.31. The van der Waals surface area contributed by atoms with Gasteiger partial charge in [-0.1, -0.05) is 66.2 Å². The topological polar surface area (TPSA) is 102 Å². The molecule has 2 amide bonds. The Morgan fingerprint density at radius 3 is 2.18 bits per heavy atom. The van der Waals surface area contributed by atoms with Crippen molar-refractivity contribution in [2.75, 3.05) is 10.2 Å². The summed E-state index contributed by atoms with van der Waals surface area (Å²) in [5.74, 6) is -6.59. The molecule has 2 atom stereocenters. The lowest BCUT2D eigenvalue weighted by atomic mass is 9.98. The molecule has 1 N–H and O–H groups in total. The smallest absolute Gasteiger partial charge is 0.304 e. The highest BCUT2D eigenvalue weighted by molar-refractivity contribution is 6.10. The summed E-state index contributed by atoms with van der Waals surface area (Å²) >= 11 is 0. The molecule has 1 aliphatic rings. The third kappa shape index (κ3) is 6.75. The van der Waals surface area contributed by atoms with Crippen molar-refractivity contribution in [3.63, 3.8) is 0 Å². The van der Waals surface area contributed by atoms with Crippen molar-refractivity contribution in [2.45, 2.75) is 45.4 Å². The zero-order valence-corrected chi connectivity index (χ0v) is 24.8. The van der Waals surface area contributed by atoms with Gasteiger partial charge in [0.05, 0.1) is 12.1 Å². The first-order valence-electron chi connectivity index (χ1n) is 14.2. The second kappa shape index (κ2) is 12.7. The second-order valence-electron chi connectivity index (χ2n) is 10.7. The number of carbonyl (C=O) groups excluding carboxylic acids is 4. The highest BCUT2D eigenvalue weighted by Gasteiger charge is 2.52. The van der Waals surface area contributed by atoms with Crippen LogP contribution in [-0.2, 0) is 19.1 Å². The molecule has 0 aromatic heterocycles. The van der Waals surface area contributed by atoms with Crippen LogP contribution in [0.15, 0.2) is 97.1 Å². The number of aryl methyl sites for hydroxylation is 1. The number of benzene rings is 4. The van der Waals surface area contributed by atoms with Gasteiger partial charge >= 0.3 is 11.9 Å². The summed E-state index contributed by atoms with van der Waals surface area (Å²) in [6.45, 7) is 4.03. The Labute approximate surface area is 258 Å². The van der Waals surface area contributed by atoms with Crippen molar-refractivity contribution in [3.05, 3.63) is 119 Å². The van der Waals surface area contributed by atoms with Crippen LogP contribution in [0.5, 0.6) is 0 Å². The summed E-state index contributed by atoms with van der Waals surface area (Å²) in [4.78, 5) is 52.0. The first-order valence-corrected chi connectivity index (χ1v) is 14.2. The molecule has 0 saturated heterocycles. The van der Waals surface area contributed by atoms with Crippen LogP contribution >= 0.6 is 0 Å². The third-order valence-electron chi connectivity index (χ3n) is 7.29. The number of amides is 2. The molecule has 0 bridgehead atoms. The van der Waals surface area contributed by atoms with E-state index in [0.717, 1.165) is 35.4 Å². The van der Waals surface area contributed by atoms with Gasteiger partial charge in [0.15, 0.2) is 12.3 Å². The number of alkyl halides is 2. The Hall–Kier alpha value is -5.38. The van der Waals surface area contributed by atoms with Crippen LogP contribution in [0.4, 0.5) is 20.2 Å². The molecule has 4 aromatic rings. The van der Waals surface area contributed by atoms with Gasteiger partial charge in [-0.25, -0.2) is 8.78 Å². The average Bonchev–Trinajstić information content (AvgIpc) is 3.08. The molecule has 10 heteroatoms. The molecule has 0 fully saturated rings. The minimum Gasteiger partial charge on any atom is -0.451 e. The lowest BCUT2D eigenvalue weighted by Crippen LogP contribution is -2.45. The number of anilines is 2. The minimum absolute atomic E-state index is 0.00214. The van der Waals surface area contributed by atoms with Gasteiger partial charge in [-0.2, -0.15) is 0 Å². The molecular formula is C35H30F2N2O6. The maximum absolute atomic E-state index is 15.5. The molecule has 4 aromatic carbocycles. The Balaban J connectivity index is 1.45. The molecule has 0 aliphatic carbocycles. The summed E-state index contributed by atoms with van der Waals surface area (Å²) in [6.07, 6.45) is -4.83. The average molecular weight is 613 g/mol. The number of fused-ring (bicyclic) bond motifs is 1. The molecule has 1 heterocycles.